The molecule has 3 unspecified atom stereocenters. The highest BCUT2D eigenvalue weighted by Crippen LogP contribution is 2.32. The first-order valence-corrected chi connectivity index (χ1v) is 12.5. The number of likely N-dealkylation sites (tertiary alicyclic amines) is 1. The zero-order valence-corrected chi connectivity index (χ0v) is 21.5. The first-order chi connectivity index (χ1) is 16.0. The van der Waals surface area contributed by atoms with E-state index in [9.17, 15) is 0 Å². The van der Waals surface area contributed by atoms with E-state index in [4.69, 9.17) is 14.2 Å². The van der Waals surface area contributed by atoms with Gasteiger partial charge in [0.2, 0.25) is 0 Å². The molecule has 188 valence electrons. The molecule has 0 amide bonds. The molecule has 33 heavy (non-hydrogen) atoms. The third kappa shape index (κ3) is 6.73. The van der Waals surface area contributed by atoms with E-state index in [1.165, 1.54) is 12.8 Å². The summed E-state index contributed by atoms with van der Waals surface area (Å²) in [5.41, 5.74) is 1.02. The summed E-state index contributed by atoms with van der Waals surface area (Å²) < 4.78 is 17.5. The maximum atomic E-state index is 6.23. The number of methoxy groups -OCH3 is 2. The molecule has 1 aromatic carbocycles. The highest BCUT2D eigenvalue weighted by Gasteiger charge is 2.34. The Morgan fingerprint density at radius 2 is 1.88 bits per heavy atom. The standard InChI is InChI=1S/C25H45N5O3/c1-7-19(2)30-15-12-24(26-3)28(4)25(30)27-20-10-11-22(32-6)23(16-20)33-18-21(31-5)17-29-13-8-9-14-29/h10-11,16,19,21,24-27H,7-9,12-15,17-18H2,1-6H3/t19?,21-,24?,25?/m1/s1. The molecule has 0 aromatic heterocycles. The van der Waals surface area contributed by atoms with Crippen LogP contribution < -0.4 is 20.1 Å². The van der Waals surface area contributed by atoms with Crippen LogP contribution >= 0.6 is 0 Å². The van der Waals surface area contributed by atoms with Crippen molar-refractivity contribution in [2.75, 3.05) is 66.4 Å². The first-order valence-electron chi connectivity index (χ1n) is 12.5. The molecule has 2 saturated heterocycles. The molecule has 0 aliphatic carbocycles. The monoisotopic (exact) mass is 463 g/mol. The van der Waals surface area contributed by atoms with E-state index >= 15 is 0 Å². The third-order valence-electron chi connectivity index (χ3n) is 7.22. The van der Waals surface area contributed by atoms with Crippen molar-refractivity contribution in [2.45, 2.75) is 64.1 Å². The number of nitrogens with zero attached hydrogens (tertiary/aromatic N) is 3. The second-order valence-electron chi connectivity index (χ2n) is 9.31. The van der Waals surface area contributed by atoms with Crippen LogP contribution in [0.1, 0.15) is 39.5 Å². The van der Waals surface area contributed by atoms with E-state index in [1.54, 1.807) is 14.2 Å². The Labute approximate surface area is 200 Å². The summed E-state index contributed by atoms with van der Waals surface area (Å²) in [6.07, 6.45) is 5.22. The Kier molecular flexibility index (Phi) is 10.1. The van der Waals surface area contributed by atoms with Gasteiger partial charge in [-0.15, -0.1) is 0 Å². The number of hydrogen-bond acceptors (Lipinski definition) is 8. The number of hydrogen-bond donors (Lipinski definition) is 2. The van der Waals surface area contributed by atoms with Crippen molar-refractivity contribution in [3.05, 3.63) is 18.2 Å². The lowest BCUT2D eigenvalue weighted by atomic mass is 10.1. The number of anilines is 1. The van der Waals surface area contributed by atoms with Gasteiger partial charge in [-0.3, -0.25) is 9.80 Å². The molecule has 2 N–H and O–H groups in total. The summed E-state index contributed by atoms with van der Waals surface area (Å²) in [5.74, 6) is 1.48. The van der Waals surface area contributed by atoms with Gasteiger partial charge in [0.05, 0.1) is 13.3 Å². The smallest absolute Gasteiger partial charge is 0.163 e. The normalized spacial score (nSPS) is 24.5. The summed E-state index contributed by atoms with van der Waals surface area (Å²) in [6.45, 7) is 9.30. The molecule has 0 saturated carbocycles. The van der Waals surface area contributed by atoms with Gasteiger partial charge in [-0.05, 0) is 71.9 Å². The van der Waals surface area contributed by atoms with Crippen LogP contribution in [-0.2, 0) is 4.74 Å². The second-order valence-corrected chi connectivity index (χ2v) is 9.31. The molecule has 8 nitrogen and oxygen atoms in total. The van der Waals surface area contributed by atoms with Crippen molar-refractivity contribution in [3.63, 3.8) is 0 Å². The Bertz CT molecular complexity index is 715. The molecule has 3 rings (SSSR count). The second kappa shape index (κ2) is 12.8. The lowest BCUT2D eigenvalue weighted by molar-refractivity contribution is -0.0303. The summed E-state index contributed by atoms with van der Waals surface area (Å²) in [5, 5.41) is 7.19. The fourth-order valence-electron chi connectivity index (χ4n) is 4.89. The lowest BCUT2D eigenvalue weighted by Crippen LogP contribution is -2.64. The van der Waals surface area contributed by atoms with E-state index in [2.05, 4.69) is 52.3 Å². The van der Waals surface area contributed by atoms with Gasteiger partial charge in [0.1, 0.15) is 19.0 Å². The van der Waals surface area contributed by atoms with Crippen molar-refractivity contribution in [2.24, 2.45) is 0 Å². The van der Waals surface area contributed by atoms with Gasteiger partial charge in [-0.1, -0.05) is 6.92 Å². The summed E-state index contributed by atoms with van der Waals surface area (Å²) in [6, 6.07) is 6.58. The maximum absolute atomic E-state index is 6.23. The molecule has 1 aromatic rings. The zero-order chi connectivity index (χ0) is 23.8. The predicted octanol–water partition coefficient (Wildman–Crippen LogP) is 2.86. The SMILES string of the molecule is CCC(C)N1CCC(NC)N(C)C1Nc1ccc(OC)c(OC[C@@H](CN2CCCC2)OC)c1. The van der Waals surface area contributed by atoms with Crippen LogP contribution in [0.3, 0.4) is 0 Å². The van der Waals surface area contributed by atoms with Crippen LogP contribution in [-0.4, -0.2) is 100 Å². The average Bonchev–Trinajstić information content (AvgIpc) is 3.35. The molecule has 0 bridgehead atoms. The van der Waals surface area contributed by atoms with Crippen LogP contribution in [0.4, 0.5) is 5.69 Å². The summed E-state index contributed by atoms with van der Waals surface area (Å²) >= 11 is 0. The van der Waals surface area contributed by atoms with Crippen molar-refractivity contribution < 1.29 is 14.2 Å². The number of nitrogens with one attached hydrogen (secondary N) is 2. The van der Waals surface area contributed by atoms with Crippen molar-refractivity contribution in [1.29, 1.82) is 0 Å². The minimum absolute atomic E-state index is 0.0335. The minimum atomic E-state index is 0.0335. The van der Waals surface area contributed by atoms with Crippen LogP contribution in [0.25, 0.3) is 0 Å². The molecule has 2 heterocycles. The van der Waals surface area contributed by atoms with Gasteiger partial charge < -0.3 is 29.7 Å². The predicted molar refractivity (Wildman–Crippen MR) is 134 cm³/mol. The highest BCUT2D eigenvalue weighted by atomic mass is 16.5. The topological polar surface area (TPSA) is 61.5 Å². The van der Waals surface area contributed by atoms with Crippen molar-refractivity contribution in [3.8, 4) is 11.5 Å². The van der Waals surface area contributed by atoms with E-state index in [0.717, 1.165) is 56.2 Å². The van der Waals surface area contributed by atoms with Gasteiger partial charge in [-0.25, -0.2) is 0 Å². The molecule has 0 radical (unpaired) electrons. The molecule has 4 atom stereocenters. The van der Waals surface area contributed by atoms with Crippen LogP contribution in [0.2, 0.25) is 0 Å². The molecule has 2 aliphatic heterocycles. The summed E-state index contributed by atoms with van der Waals surface area (Å²) in [4.78, 5) is 7.36. The Balaban J connectivity index is 1.71. The van der Waals surface area contributed by atoms with E-state index in [-0.39, 0.29) is 12.4 Å². The Hall–Kier alpha value is -1.58. The fourth-order valence-corrected chi connectivity index (χ4v) is 4.89. The van der Waals surface area contributed by atoms with Crippen molar-refractivity contribution in [1.82, 2.24) is 20.0 Å². The average molecular weight is 464 g/mol. The molecule has 2 aliphatic rings. The van der Waals surface area contributed by atoms with Crippen LogP contribution in [0, 0.1) is 0 Å². The largest absolute Gasteiger partial charge is 0.493 e. The van der Waals surface area contributed by atoms with E-state index < -0.39 is 0 Å². The Morgan fingerprint density at radius 3 is 2.52 bits per heavy atom. The quantitative estimate of drug-likeness (QED) is 0.491. The van der Waals surface area contributed by atoms with Gasteiger partial charge in [0.15, 0.2) is 11.5 Å². The zero-order valence-electron chi connectivity index (χ0n) is 21.5. The number of rotatable bonds is 12. The highest BCUT2D eigenvalue weighted by molar-refractivity contribution is 5.55. The van der Waals surface area contributed by atoms with Gasteiger partial charge in [0, 0.05) is 38.0 Å². The van der Waals surface area contributed by atoms with Gasteiger partial charge in [0.25, 0.3) is 0 Å². The number of ether oxygens (including phenoxy) is 3. The summed E-state index contributed by atoms with van der Waals surface area (Å²) in [7, 11) is 7.66. The molecule has 0 spiro atoms. The number of benzene rings is 1. The van der Waals surface area contributed by atoms with Crippen LogP contribution in [0.5, 0.6) is 11.5 Å². The molecule has 2 fully saturated rings. The molecular formula is C25H45N5O3. The van der Waals surface area contributed by atoms with Crippen LogP contribution in [0.15, 0.2) is 18.2 Å². The molecular weight excluding hydrogens is 418 g/mol. The van der Waals surface area contributed by atoms with Crippen molar-refractivity contribution >= 4 is 5.69 Å². The Morgan fingerprint density at radius 1 is 1.12 bits per heavy atom. The fraction of sp³-hybridized carbons (Fsp3) is 0.760. The van der Waals surface area contributed by atoms with Gasteiger partial charge in [-0.2, -0.15) is 0 Å². The minimum Gasteiger partial charge on any atom is -0.493 e. The third-order valence-corrected chi connectivity index (χ3v) is 7.22. The maximum Gasteiger partial charge on any atom is 0.163 e. The lowest BCUT2D eigenvalue weighted by Gasteiger charge is -2.49. The van der Waals surface area contributed by atoms with Gasteiger partial charge >= 0.3 is 0 Å². The van der Waals surface area contributed by atoms with E-state index in [0.29, 0.717) is 18.8 Å². The molecule has 8 heteroatoms. The van der Waals surface area contributed by atoms with E-state index in [1.807, 2.05) is 19.2 Å². The first kappa shape index (κ1) is 26.0.